The van der Waals surface area contributed by atoms with E-state index < -0.39 is 0 Å². The summed E-state index contributed by atoms with van der Waals surface area (Å²) in [7, 11) is 1.83. The molecule has 5 heteroatoms. The van der Waals surface area contributed by atoms with Crippen LogP contribution >= 0.6 is 0 Å². The quantitative estimate of drug-likeness (QED) is 0.498. The minimum Gasteiger partial charge on any atom is -0.382 e. The fraction of sp³-hybridized carbons (Fsp3) is 0.444. The summed E-state index contributed by atoms with van der Waals surface area (Å²) >= 11 is 0. The van der Waals surface area contributed by atoms with Crippen molar-refractivity contribution in [3.8, 4) is 5.69 Å². The summed E-state index contributed by atoms with van der Waals surface area (Å²) in [5.41, 5.74) is 6.32. The maximum atomic E-state index is 5.78. The number of aromatic nitrogens is 2. The Morgan fingerprint density at radius 3 is 2.69 bits per heavy atom. The van der Waals surface area contributed by atoms with E-state index in [-0.39, 0.29) is 5.54 Å². The first kappa shape index (κ1) is 22.6. The van der Waals surface area contributed by atoms with E-state index in [1.807, 2.05) is 30.0 Å². The molecule has 1 aromatic heterocycles. The highest BCUT2D eigenvalue weighted by Crippen LogP contribution is 2.34. The number of anilines is 1. The molecule has 1 aliphatic heterocycles. The van der Waals surface area contributed by atoms with Crippen LogP contribution in [0.3, 0.4) is 0 Å². The van der Waals surface area contributed by atoms with E-state index in [1.54, 1.807) is 0 Å². The van der Waals surface area contributed by atoms with Gasteiger partial charge in [-0.2, -0.15) is 5.10 Å². The zero-order valence-electron chi connectivity index (χ0n) is 19.7. The van der Waals surface area contributed by atoms with Crippen molar-refractivity contribution in [1.29, 1.82) is 0 Å². The fourth-order valence-electron chi connectivity index (χ4n) is 4.92. The standard InChI is InChI=1S/C27H36N4O/c1-22-10-9-14-26(23(22)2)30-19-17-28-20-27(30,21-32-3)16-8-7-11-24-15-18-31(29-24)25-12-5-4-6-13-25/h4-6,9-10,12-15,18,28H,7-8,11,16-17,19-21H2,1-3H3. The molecule has 1 aliphatic rings. The van der Waals surface area contributed by atoms with E-state index in [0.29, 0.717) is 0 Å². The number of nitrogens with one attached hydrogen (secondary N) is 1. The third-order valence-corrected chi connectivity index (χ3v) is 6.81. The zero-order valence-corrected chi connectivity index (χ0v) is 19.7. The number of benzene rings is 2. The maximum Gasteiger partial charge on any atom is 0.0759 e. The van der Waals surface area contributed by atoms with Crippen molar-refractivity contribution < 1.29 is 4.74 Å². The minimum absolute atomic E-state index is 0.0189. The van der Waals surface area contributed by atoms with E-state index in [4.69, 9.17) is 9.84 Å². The summed E-state index contributed by atoms with van der Waals surface area (Å²) in [6, 6.07) is 19.1. The topological polar surface area (TPSA) is 42.3 Å². The van der Waals surface area contributed by atoms with Crippen LogP contribution in [0.15, 0.2) is 60.8 Å². The van der Waals surface area contributed by atoms with Gasteiger partial charge in [-0.1, -0.05) is 36.8 Å². The number of para-hydroxylation sites is 1. The predicted octanol–water partition coefficient (Wildman–Crippen LogP) is 4.70. The number of hydrogen-bond donors (Lipinski definition) is 1. The van der Waals surface area contributed by atoms with Gasteiger partial charge < -0.3 is 15.0 Å². The lowest BCUT2D eigenvalue weighted by Crippen LogP contribution is -2.64. The second-order valence-corrected chi connectivity index (χ2v) is 9.00. The first-order valence-corrected chi connectivity index (χ1v) is 11.8. The van der Waals surface area contributed by atoms with Crippen LogP contribution in [0.2, 0.25) is 0 Å². The molecule has 1 atom stereocenters. The van der Waals surface area contributed by atoms with Crippen molar-refractivity contribution in [3.05, 3.63) is 77.6 Å². The van der Waals surface area contributed by atoms with Gasteiger partial charge in [0.05, 0.1) is 23.5 Å². The lowest BCUT2D eigenvalue weighted by Gasteiger charge is -2.49. The minimum atomic E-state index is -0.0189. The molecule has 4 rings (SSSR count). The van der Waals surface area contributed by atoms with E-state index in [0.717, 1.165) is 63.3 Å². The molecule has 2 heterocycles. The van der Waals surface area contributed by atoms with Gasteiger partial charge in [0.1, 0.15) is 0 Å². The second-order valence-electron chi connectivity index (χ2n) is 9.00. The van der Waals surface area contributed by atoms with Crippen LogP contribution in [0, 0.1) is 13.8 Å². The van der Waals surface area contributed by atoms with Crippen LogP contribution in [-0.4, -0.2) is 48.7 Å². The number of ether oxygens (including phenoxy) is 1. The number of methoxy groups -OCH3 is 1. The summed E-state index contributed by atoms with van der Waals surface area (Å²) in [5.74, 6) is 0. The van der Waals surface area contributed by atoms with E-state index in [2.05, 4.69) is 66.7 Å². The number of aryl methyl sites for hydroxylation is 2. The Bertz CT molecular complexity index is 996. The van der Waals surface area contributed by atoms with Gasteiger partial charge in [0.2, 0.25) is 0 Å². The lowest BCUT2D eigenvalue weighted by molar-refractivity contribution is 0.110. The van der Waals surface area contributed by atoms with Gasteiger partial charge in [-0.05, 0) is 68.5 Å². The van der Waals surface area contributed by atoms with Gasteiger partial charge in [0.15, 0.2) is 0 Å². The molecule has 0 saturated carbocycles. The molecule has 0 spiro atoms. The SMILES string of the molecule is COCC1(CCCCc2ccn(-c3ccccc3)n2)CNCCN1c1cccc(C)c1C. The number of hydrogen-bond acceptors (Lipinski definition) is 4. The van der Waals surface area contributed by atoms with E-state index in [9.17, 15) is 0 Å². The van der Waals surface area contributed by atoms with Gasteiger partial charge >= 0.3 is 0 Å². The molecule has 1 N–H and O–H groups in total. The Morgan fingerprint density at radius 1 is 1.03 bits per heavy atom. The average Bonchev–Trinajstić information content (AvgIpc) is 3.29. The van der Waals surface area contributed by atoms with Crippen molar-refractivity contribution in [3.63, 3.8) is 0 Å². The molecule has 0 amide bonds. The Morgan fingerprint density at radius 2 is 1.88 bits per heavy atom. The first-order chi connectivity index (χ1) is 15.6. The molecule has 2 aromatic carbocycles. The molecule has 0 radical (unpaired) electrons. The summed E-state index contributed by atoms with van der Waals surface area (Å²) in [6.45, 7) is 8.15. The summed E-state index contributed by atoms with van der Waals surface area (Å²) in [6.07, 6.45) is 6.42. The molecule has 1 saturated heterocycles. The first-order valence-electron chi connectivity index (χ1n) is 11.8. The zero-order chi connectivity index (χ0) is 22.4. The smallest absolute Gasteiger partial charge is 0.0759 e. The molecule has 3 aromatic rings. The number of piperazine rings is 1. The van der Waals surface area contributed by atoms with Gasteiger partial charge in [0.25, 0.3) is 0 Å². The Kier molecular flexibility index (Phi) is 7.28. The van der Waals surface area contributed by atoms with Crippen LogP contribution in [0.1, 0.15) is 36.1 Å². The molecular weight excluding hydrogens is 396 g/mol. The largest absolute Gasteiger partial charge is 0.382 e. The summed E-state index contributed by atoms with van der Waals surface area (Å²) < 4.78 is 7.74. The van der Waals surface area contributed by atoms with Crippen molar-refractivity contribution >= 4 is 5.69 Å². The molecule has 5 nitrogen and oxygen atoms in total. The van der Waals surface area contributed by atoms with Gasteiger partial charge in [-0.15, -0.1) is 0 Å². The molecule has 32 heavy (non-hydrogen) atoms. The highest BCUT2D eigenvalue weighted by Gasteiger charge is 2.39. The second kappa shape index (κ2) is 10.3. The van der Waals surface area contributed by atoms with Crippen molar-refractivity contribution in [2.45, 2.75) is 45.1 Å². The monoisotopic (exact) mass is 432 g/mol. The summed E-state index contributed by atoms with van der Waals surface area (Å²) in [4.78, 5) is 2.61. The van der Waals surface area contributed by atoms with E-state index in [1.165, 1.54) is 16.8 Å². The molecule has 1 fully saturated rings. The van der Waals surface area contributed by atoms with Crippen molar-refractivity contribution in [2.24, 2.45) is 0 Å². The average molecular weight is 433 g/mol. The third kappa shape index (κ3) is 4.89. The molecule has 170 valence electrons. The number of nitrogens with zero attached hydrogens (tertiary/aromatic N) is 3. The molecule has 0 bridgehead atoms. The molecular formula is C27H36N4O. The predicted molar refractivity (Wildman–Crippen MR) is 132 cm³/mol. The van der Waals surface area contributed by atoms with Crippen LogP contribution in [0.25, 0.3) is 5.69 Å². The Labute approximate surface area is 192 Å². The Hall–Kier alpha value is -2.63. The fourth-order valence-corrected chi connectivity index (χ4v) is 4.92. The van der Waals surface area contributed by atoms with Gasteiger partial charge in [0, 0.05) is 38.6 Å². The number of unbranched alkanes of at least 4 members (excludes halogenated alkanes) is 1. The van der Waals surface area contributed by atoms with Crippen LogP contribution in [0.4, 0.5) is 5.69 Å². The third-order valence-electron chi connectivity index (χ3n) is 6.81. The highest BCUT2D eigenvalue weighted by atomic mass is 16.5. The van der Waals surface area contributed by atoms with Crippen molar-refractivity contribution in [2.75, 3.05) is 38.3 Å². The van der Waals surface area contributed by atoms with Crippen LogP contribution in [-0.2, 0) is 11.2 Å². The van der Waals surface area contributed by atoms with Crippen LogP contribution < -0.4 is 10.2 Å². The van der Waals surface area contributed by atoms with Crippen molar-refractivity contribution in [1.82, 2.24) is 15.1 Å². The molecule has 0 aliphatic carbocycles. The normalized spacial score (nSPS) is 18.8. The van der Waals surface area contributed by atoms with Gasteiger partial charge in [-0.3, -0.25) is 0 Å². The molecule has 1 unspecified atom stereocenters. The number of rotatable bonds is 9. The van der Waals surface area contributed by atoms with Gasteiger partial charge in [-0.25, -0.2) is 4.68 Å². The Balaban J connectivity index is 1.42. The lowest BCUT2D eigenvalue weighted by atomic mass is 9.87. The summed E-state index contributed by atoms with van der Waals surface area (Å²) in [5, 5.41) is 8.41. The van der Waals surface area contributed by atoms with Crippen LogP contribution in [0.5, 0.6) is 0 Å². The van der Waals surface area contributed by atoms with E-state index >= 15 is 0 Å². The highest BCUT2D eigenvalue weighted by molar-refractivity contribution is 5.58. The maximum absolute atomic E-state index is 5.78.